The van der Waals surface area contributed by atoms with Gasteiger partial charge in [0.15, 0.2) is 0 Å². The third-order valence-corrected chi connectivity index (χ3v) is 3.89. The summed E-state index contributed by atoms with van der Waals surface area (Å²) in [7, 11) is 0. The Kier molecular flexibility index (Phi) is 5.29. The Balaban J connectivity index is 1.99. The van der Waals surface area contributed by atoms with Gasteiger partial charge in [0.25, 0.3) is 0 Å². The highest BCUT2D eigenvalue weighted by Gasteiger charge is 2.34. The van der Waals surface area contributed by atoms with Crippen LogP contribution in [-0.4, -0.2) is 29.1 Å². The minimum absolute atomic E-state index is 0.0883. The molecule has 1 saturated heterocycles. The lowest BCUT2D eigenvalue weighted by Crippen LogP contribution is -2.54. The quantitative estimate of drug-likeness (QED) is 0.923. The highest BCUT2D eigenvalue weighted by atomic mass is 19.4. The number of aromatic nitrogens is 1. The van der Waals surface area contributed by atoms with Gasteiger partial charge in [0, 0.05) is 6.61 Å². The number of hydrogen-bond donors (Lipinski definition) is 1. The van der Waals surface area contributed by atoms with Crippen LogP contribution in [0, 0.1) is 0 Å². The maximum atomic E-state index is 12.6. The van der Waals surface area contributed by atoms with E-state index in [0.29, 0.717) is 6.61 Å². The summed E-state index contributed by atoms with van der Waals surface area (Å²) in [6.07, 6.45) is -1.89. The first-order chi connectivity index (χ1) is 10.7. The molecule has 1 atom stereocenters. The van der Waals surface area contributed by atoms with Crippen LogP contribution in [-0.2, 0) is 22.1 Å². The van der Waals surface area contributed by atoms with Crippen molar-refractivity contribution < 1.29 is 22.7 Å². The smallest absolute Gasteiger partial charge is 0.376 e. The molecular formula is C16H21F3N2O2. The minimum Gasteiger partial charge on any atom is -0.376 e. The van der Waals surface area contributed by atoms with E-state index in [1.807, 2.05) is 13.8 Å². The van der Waals surface area contributed by atoms with E-state index < -0.39 is 17.4 Å². The molecule has 0 spiro atoms. The summed E-state index contributed by atoms with van der Waals surface area (Å²) in [6, 6.07) is 3.56. The molecule has 128 valence electrons. The monoisotopic (exact) mass is 330 g/mol. The van der Waals surface area contributed by atoms with Crippen molar-refractivity contribution in [3.8, 4) is 0 Å². The molecule has 4 nitrogen and oxygen atoms in total. The Labute approximate surface area is 133 Å². The van der Waals surface area contributed by atoms with Crippen molar-refractivity contribution >= 4 is 5.91 Å². The fourth-order valence-electron chi connectivity index (χ4n) is 2.69. The molecule has 0 bridgehead atoms. The number of pyridine rings is 1. The lowest BCUT2D eigenvalue weighted by atomic mass is 9.91. The van der Waals surface area contributed by atoms with Gasteiger partial charge in [0.05, 0.1) is 23.8 Å². The fourth-order valence-corrected chi connectivity index (χ4v) is 2.69. The first-order valence-electron chi connectivity index (χ1n) is 7.64. The summed E-state index contributed by atoms with van der Waals surface area (Å²) in [4.78, 5) is 15.7. The fraction of sp³-hybridized carbons (Fsp3) is 0.625. The number of rotatable bonds is 4. The third kappa shape index (κ3) is 4.92. The molecule has 1 aromatic rings. The molecular weight excluding hydrogens is 309 g/mol. The molecule has 1 aromatic heterocycles. The molecule has 0 aliphatic carbocycles. The molecule has 0 aromatic carbocycles. The van der Waals surface area contributed by atoms with Crippen LogP contribution in [0.4, 0.5) is 13.2 Å². The summed E-state index contributed by atoms with van der Waals surface area (Å²) >= 11 is 0. The molecule has 1 amide bonds. The average molecular weight is 330 g/mol. The zero-order valence-corrected chi connectivity index (χ0v) is 13.2. The zero-order chi connectivity index (χ0) is 17.1. The maximum Gasteiger partial charge on any atom is 0.433 e. The molecule has 23 heavy (non-hydrogen) atoms. The SMILES string of the molecule is CC(C)(NC(=O)Cc1cccc(C(F)(F)F)n1)C1CCCCO1. The van der Waals surface area contributed by atoms with E-state index >= 15 is 0 Å². The van der Waals surface area contributed by atoms with Crippen molar-refractivity contribution in [2.45, 2.75) is 57.3 Å². The van der Waals surface area contributed by atoms with E-state index in [2.05, 4.69) is 10.3 Å². The van der Waals surface area contributed by atoms with Crippen LogP contribution in [0.2, 0.25) is 0 Å². The number of nitrogens with zero attached hydrogens (tertiary/aromatic N) is 1. The second-order valence-corrected chi connectivity index (χ2v) is 6.31. The van der Waals surface area contributed by atoms with Gasteiger partial charge in [-0.1, -0.05) is 6.07 Å². The largest absolute Gasteiger partial charge is 0.433 e. The number of amides is 1. The van der Waals surface area contributed by atoms with E-state index in [1.54, 1.807) is 0 Å². The Bertz CT molecular complexity index is 553. The van der Waals surface area contributed by atoms with Crippen LogP contribution in [0.5, 0.6) is 0 Å². The standard InChI is InChI=1S/C16H21F3N2O2/c1-15(2,13-8-3-4-9-23-13)21-14(22)10-11-6-5-7-12(20-11)16(17,18)19/h5-7,13H,3-4,8-10H2,1-2H3,(H,21,22). The van der Waals surface area contributed by atoms with Crippen molar-refractivity contribution in [3.05, 3.63) is 29.6 Å². The summed E-state index contributed by atoms with van der Waals surface area (Å²) < 4.78 is 43.6. The van der Waals surface area contributed by atoms with Gasteiger partial charge in [-0.3, -0.25) is 4.79 Å². The molecule has 0 saturated carbocycles. The summed E-state index contributed by atoms with van der Waals surface area (Å²) in [6.45, 7) is 4.39. The van der Waals surface area contributed by atoms with Gasteiger partial charge in [-0.15, -0.1) is 0 Å². The predicted molar refractivity (Wildman–Crippen MR) is 78.8 cm³/mol. The maximum absolute atomic E-state index is 12.6. The first-order valence-corrected chi connectivity index (χ1v) is 7.64. The van der Waals surface area contributed by atoms with Gasteiger partial charge in [0.2, 0.25) is 5.91 Å². The van der Waals surface area contributed by atoms with E-state index in [1.165, 1.54) is 12.1 Å². The second kappa shape index (κ2) is 6.86. The van der Waals surface area contributed by atoms with Crippen LogP contribution in [0.3, 0.4) is 0 Å². The van der Waals surface area contributed by atoms with Crippen LogP contribution in [0.1, 0.15) is 44.5 Å². The van der Waals surface area contributed by atoms with Crippen molar-refractivity contribution in [3.63, 3.8) is 0 Å². The van der Waals surface area contributed by atoms with Crippen molar-refractivity contribution in [2.24, 2.45) is 0 Å². The Hall–Kier alpha value is -1.63. The molecule has 1 unspecified atom stereocenters. The highest BCUT2D eigenvalue weighted by molar-refractivity contribution is 5.78. The molecule has 7 heteroatoms. The first kappa shape index (κ1) is 17.7. The molecule has 2 heterocycles. The van der Waals surface area contributed by atoms with E-state index in [-0.39, 0.29) is 24.1 Å². The van der Waals surface area contributed by atoms with Gasteiger partial charge >= 0.3 is 6.18 Å². The molecule has 2 rings (SSSR count). The second-order valence-electron chi connectivity index (χ2n) is 6.31. The minimum atomic E-state index is -4.51. The number of carbonyl (C=O) groups excluding carboxylic acids is 1. The topological polar surface area (TPSA) is 51.2 Å². The van der Waals surface area contributed by atoms with Gasteiger partial charge in [-0.05, 0) is 45.2 Å². The number of hydrogen-bond acceptors (Lipinski definition) is 3. The van der Waals surface area contributed by atoms with Gasteiger partial charge in [0.1, 0.15) is 5.69 Å². The van der Waals surface area contributed by atoms with Crippen LogP contribution < -0.4 is 5.32 Å². The summed E-state index contributed by atoms with van der Waals surface area (Å²) in [5.41, 5.74) is -1.46. The Morgan fingerprint density at radius 3 is 2.70 bits per heavy atom. The summed E-state index contributed by atoms with van der Waals surface area (Å²) in [5.74, 6) is -0.365. The lowest BCUT2D eigenvalue weighted by molar-refractivity contribution is -0.141. The van der Waals surface area contributed by atoms with Gasteiger partial charge < -0.3 is 10.1 Å². The van der Waals surface area contributed by atoms with E-state index in [9.17, 15) is 18.0 Å². The Morgan fingerprint density at radius 2 is 2.09 bits per heavy atom. The normalized spacial score (nSPS) is 19.4. The molecule has 0 radical (unpaired) electrons. The lowest BCUT2D eigenvalue weighted by Gasteiger charge is -2.37. The summed E-state index contributed by atoms with van der Waals surface area (Å²) in [5, 5.41) is 2.85. The third-order valence-electron chi connectivity index (χ3n) is 3.89. The predicted octanol–water partition coefficient (Wildman–Crippen LogP) is 3.11. The Morgan fingerprint density at radius 1 is 1.35 bits per heavy atom. The van der Waals surface area contributed by atoms with Crippen molar-refractivity contribution in [1.29, 1.82) is 0 Å². The molecule has 1 aliphatic rings. The molecule has 1 fully saturated rings. The van der Waals surface area contributed by atoms with Crippen molar-refractivity contribution in [1.82, 2.24) is 10.3 Å². The molecule has 1 N–H and O–H groups in total. The van der Waals surface area contributed by atoms with Crippen molar-refractivity contribution in [2.75, 3.05) is 6.61 Å². The zero-order valence-electron chi connectivity index (χ0n) is 13.2. The number of ether oxygens (including phenoxy) is 1. The number of nitrogens with one attached hydrogen (secondary N) is 1. The average Bonchev–Trinajstić information content (AvgIpc) is 2.47. The van der Waals surface area contributed by atoms with Gasteiger partial charge in [-0.2, -0.15) is 13.2 Å². The number of halogens is 3. The molecule has 1 aliphatic heterocycles. The van der Waals surface area contributed by atoms with E-state index in [0.717, 1.165) is 25.3 Å². The highest BCUT2D eigenvalue weighted by Crippen LogP contribution is 2.27. The number of alkyl halides is 3. The van der Waals surface area contributed by atoms with Crippen LogP contribution >= 0.6 is 0 Å². The number of carbonyl (C=O) groups is 1. The van der Waals surface area contributed by atoms with Crippen LogP contribution in [0.15, 0.2) is 18.2 Å². The van der Waals surface area contributed by atoms with E-state index in [4.69, 9.17) is 4.74 Å². The van der Waals surface area contributed by atoms with Gasteiger partial charge in [-0.25, -0.2) is 4.98 Å². The van der Waals surface area contributed by atoms with Crippen LogP contribution in [0.25, 0.3) is 0 Å².